The number of anilines is 1. The van der Waals surface area contributed by atoms with Gasteiger partial charge in [0.25, 0.3) is 0 Å². The van der Waals surface area contributed by atoms with E-state index in [0.29, 0.717) is 16.5 Å². The molecule has 5 nitrogen and oxygen atoms in total. The molecule has 0 unspecified atom stereocenters. The van der Waals surface area contributed by atoms with E-state index in [-0.39, 0.29) is 6.61 Å². The molecule has 1 aliphatic rings. The van der Waals surface area contributed by atoms with Crippen LogP contribution < -0.4 is 4.72 Å². The molecule has 0 saturated heterocycles. The lowest BCUT2D eigenvalue weighted by Gasteiger charge is -2.18. The third-order valence-corrected chi connectivity index (χ3v) is 5.14. The standard InChI is InChI=1S/C13H19NO4S2/c1-4-18-13(15)11-9-6-5-8(2)7-10(9)19-12(11)14-20(3,16)17/h8,14H,4-7H2,1-3H3/t8-/m1/s1. The van der Waals surface area contributed by atoms with Gasteiger partial charge >= 0.3 is 5.97 Å². The molecule has 2 rings (SSSR count). The van der Waals surface area contributed by atoms with Gasteiger partial charge in [-0.15, -0.1) is 11.3 Å². The summed E-state index contributed by atoms with van der Waals surface area (Å²) in [5.74, 6) is 0.119. The summed E-state index contributed by atoms with van der Waals surface area (Å²) in [6.45, 7) is 4.18. The van der Waals surface area contributed by atoms with Gasteiger partial charge in [-0.05, 0) is 37.7 Å². The number of ether oxygens (including phenoxy) is 1. The van der Waals surface area contributed by atoms with Crippen molar-refractivity contribution < 1.29 is 17.9 Å². The van der Waals surface area contributed by atoms with Crippen LogP contribution in [0.3, 0.4) is 0 Å². The fourth-order valence-corrected chi connectivity index (χ4v) is 4.72. The molecule has 20 heavy (non-hydrogen) atoms. The molecule has 0 bridgehead atoms. The first-order valence-electron chi connectivity index (χ1n) is 6.61. The van der Waals surface area contributed by atoms with Crippen LogP contribution in [0.1, 0.15) is 41.1 Å². The molecule has 1 heterocycles. The number of rotatable bonds is 4. The summed E-state index contributed by atoms with van der Waals surface area (Å²) in [6.07, 6.45) is 3.78. The molecule has 0 aliphatic heterocycles. The van der Waals surface area contributed by atoms with E-state index in [9.17, 15) is 13.2 Å². The molecule has 0 amide bonds. The van der Waals surface area contributed by atoms with Crippen LogP contribution in [0.2, 0.25) is 0 Å². The second kappa shape index (κ2) is 5.73. The predicted molar refractivity (Wildman–Crippen MR) is 79.9 cm³/mol. The predicted octanol–water partition coefficient (Wildman–Crippen LogP) is 2.42. The van der Waals surface area contributed by atoms with Gasteiger partial charge in [0.15, 0.2) is 0 Å². The minimum atomic E-state index is -3.41. The Hall–Kier alpha value is -1.08. The van der Waals surface area contributed by atoms with Gasteiger partial charge in [-0.25, -0.2) is 13.2 Å². The number of thiophene rings is 1. The zero-order chi connectivity index (χ0) is 14.9. The second-order valence-electron chi connectivity index (χ2n) is 5.15. The number of hydrogen-bond acceptors (Lipinski definition) is 5. The number of fused-ring (bicyclic) bond motifs is 1. The normalized spacial score (nSPS) is 18.4. The molecule has 1 aromatic heterocycles. The van der Waals surface area contributed by atoms with E-state index in [0.717, 1.165) is 36.0 Å². The molecule has 1 aromatic rings. The van der Waals surface area contributed by atoms with Gasteiger partial charge in [-0.3, -0.25) is 4.72 Å². The third-order valence-electron chi connectivity index (χ3n) is 3.27. The summed E-state index contributed by atoms with van der Waals surface area (Å²) in [6, 6.07) is 0. The highest BCUT2D eigenvalue weighted by Gasteiger charge is 2.29. The average molecular weight is 317 g/mol. The molecule has 0 saturated carbocycles. The van der Waals surface area contributed by atoms with Crippen molar-refractivity contribution >= 4 is 32.3 Å². The smallest absolute Gasteiger partial charge is 0.341 e. The van der Waals surface area contributed by atoms with E-state index in [2.05, 4.69) is 11.6 Å². The fourth-order valence-electron chi connectivity index (χ4n) is 2.41. The minimum Gasteiger partial charge on any atom is -0.462 e. The first-order valence-corrected chi connectivity index (χ1v) is 9.32. The van der Waals surface area contributed by atoms with Gasteiger partial charge in [0, 0.05) is 4.88 Å². The second-order valence-corrected chi connectivity index (χ2v) is 8.00. The van der Waals surface area contributed by atoms with Crippen molar-refractivity contribution in [1.82, 2.24) is 0 Å². The van der Waals surface area contributed by atoms with Crippen molar-refractivity contribution in [2.75, 3.05) is 17.6 Å². The molecule has 1 aliphatic carbocycles. The van der Waals surface area contributed by atoms with Crippen LogP contribution >= 0.6 is 11.3 Å². The average Bonchev–Trinajstić information content (AvgIpc) is 2.63. The maximum Gasteiger partial charge on any atom is 0.341 e. The summed E-state index contributed by atoms with van der Waals surface area (Å²) in [7, 11) is -3.41. The van der Waals surface area contributed by atoms with E-state index >= 15 is 0 Å². The minimum absolute atomic E-state index is 0.276. The largest absolute Gasteiger partial charge is 0.462 e. The lowest BCUT2D eigenvalue weighted by Crippen LogP contribution is -2.16. The van der Waals surface area contributed by atoms with Crippen LogP contribution in [-0.4, -0.2) is 27.2 Å². The van der Waals surface area contributed by atoms with Gasteiger partial charge in [0.1, 0.15) is 5.00 Å². The van der Waals surface area contributed by atoms with E-state index in [1.807, 2.05) is 0 Å². The molecule has 0 spiro atoms. The Morgan fingerprint density at radius 3 is 2.80 bits per heavy atom. The molecule has 7 heteroatoms. The zero-order valence-electron chi connectivity index (χ0n) is 11.9. The van der Waals surface area contributed by atoms with Crippen molar-refractivity contribution in [3.8, 4) is 0 Å². The van der Waals surface area contributed by atoms with E-state index in [1.54, 1.807) is 6.92 Å². The van der Waals surface area contributed by atoms with Crippen LogP contribution in [0.5, 0.6) is 0 Å². The zero-order valence-corrected chi connectivity index (χ0v) is 13.5. The molecule has 0 fully saturated rings. The van der Waals surface area contributed by atoms with Gasteiger partial charge in [0.2, 0.25) is 10.0 Å². The maximum atomic E-state index is 12.1. The van der Waals surface area contributed by atoms with E-state index in [4.69, 9.17) is 4.74 Å². The number of carbonyl (C=O) groups excluding carboxylic acids is 1. The number of esters is 1. The van der Waals surface area contributed by atoms with Crippen molar-refractivity contribution in [2.24, 2.45) is 5.92 Å². The fraction of sp³-hybridized carbons (Fsp3) is 0.615. The maximum absolute atomic E-state index is 12.1. The quantitative estimate of drug-likeness (QED) is 0.866. The molecular formula is C13H19NO4S2. The number of sulfonamides is 1. The summed E-state index contributed by atoms with van der Waals surface area (Å²) in [4.78, 5) is 13.2. The Balaban J connectivity index is 2.47. The summed E-state index contributed by atoms with van der Waals surface area (Å²) >= 11 is 1.36. The van der Waals surface area contributed by atoms with Gasteiger partial charge in [-0.1, -0.05) is 6.92 Å². The SMILES string of the molecule is CCOC(=O)c1c(NS(C)(=O)=O)sc2c1CC[C@@H](C)C2. The number of hydrogen-bond donors (Lipinski definition) is 1. The Morgan fingerprint density at radius 1 is 1.50 bits per heavy atom. The van der Waals surface area contributed by atoms with Gasteiger partial charge in [-0.2, -0.15) is 0 Å². The molecular weight excluding hydrogens is 298 g/mol. The highest BCUT2D eigenvalue weighted by Crippen LogP contribution is 2.40. The lowest BCUT2D eigenvalue weighted by molar-refractivity contribution is 0.0526. The van der Waals surface area contributed by atoms with Crippen molar-refractivity contribution in [1.29, 1.82) is 0 Å². The Morgan fingerprint density at radius 2 is 2.20 bits per heavy atom. The molecule has 0 radical (unpaired) electrons. The Bertz CT molecular complexity index is 619. The van der Waals surface area contributed by atoms with Crippen LogP contribution in [0, 0.1) is 5.92 Å². The topological polar surface area (TPSA) is 72.5 Å². The summed E-state index contributed by atoms with van der Waals surface area (Å²) < 4.78 is 30.4. The van der Waals surface area contributed by atoms with Crippen molar-refractivity contribution in [3.05, 3.63) is 16.0 Å². The monoisotopic (exact) mass is 317 g/mol. The molecule has 0 aromatic carbocycles. The van der Waals surface area contributed by atoms with Gasteiger partial charge < -0.3 is 4.74 Å². The molecule has 1 atom stereocenters. The lowest BCUT2D eigenvalue weighted by atomic mass is 9.88. The van der Waals surface area contributed by atoms with Crippen molar-refractivity contribution in [3.63, 3.8) is 0 Å². The van der Waals surface area contributed by atoms with Crippen LogP contribution in [0.25, 0.3) is 0 Å². The number of nitrogens with one attached hydrogen (secondary N) is 1. The summed E-state index contributed by atoms with van der Waals surface area (Å²) in [5.41, 5.74) is 1.36. The van der Waals surface area contributed by atoms with Gasteiger partial charge in [0.05, 0.1) is 18.4 Å². The van der Waals surface area contributed by atoms with Crippen LogP contribution in [0.4, 0.5) is 5.00 Å². The molecule has 1 N–H and O–H groups in total. The first-order chi connectivity index (χ1) is 9.31. The molecule has 112 valence electrons. The van der Waals surface area contributed by atoms with E-state index in [1.165, 1.54) is 11.3 Å². The van der Waals surface area contributed by atoms with Crippen LogP contribution in [0.15, 0.2) is 0 Å². The Labute approximate surface area is 123 Å². The van der Waals surface area contributed by atoms with E-state index < -0.39 is 16.0 Å². The highest BCUT2D eigenvalue weighted by molar-refractivity contribution is 7.92. The van der Waals surface area contributed by atoms with Crippen LogP contribution in [-0.2, 0) is 27.6 Å². The highest BCUT2D eigenvalue weighted by atomic mass is 32.2. The first kappa shape index (κ1) is 15.3. The number of carbonyl (C=O) groups is 1. The van der Waals surface area contributed by atoms with Crippen molar-refractivity contribution in [2.45, 2.75) is 33.1 Å². The summed E-state index contributed by atoms with van der Waals surface area (Å²) in [5, 5.41) is 0.394. The third kappa shape index (κ3) is 3.32. The Kier molecular flexibility index (Phi) is 4.39.